The minimum Gasteiger partial charge on any atom is -0.388 e. The first-order chi connectivity index (χ1) is 13.5. The maximum atomic E-state index is 11.0. The normalized spacial score (nSPS) is 11.5. The van der Waals surface area contributed by atoms with E-state index in [0.29, 0.717) is 0 Å². The predicted octanol–water partition coefficient (Wildman–Crippen LogP) is 7.75. The Morgan fingerprint density at radius 2 is 1.38 bits per heavy atom. The SMILES string of the molecule is C=C(NC)c1ccc(C)cc1.CC(C)(F)F.CCC.Cc1ccc2c(c1)CCC2. The van der Waals surface area contributed by atoms with Crippen molar-refractivity contribution in [3.63, 3.8) is 0 Å². The van der Waals surface area contributed by atoms with Crippen LogP contribution in [0.5, 0.6) is 0 Å². The molecule has 3 rings (SSSR count). The van der Waals surface area contributed by atoms with Crippen molar-refractivity contribution >= 4 is 5.70 Å². The number of hydrogen-bond acceptors (Lipinski definition) is 1. The van der Waals surface area contributed by atoms with Crippen molar-refractivity contribution in [2.24, 2.45) is 0 Å². The van der Waals surface area contributed by atoms with E-state index >= 15 is 0 Å². The number of nitrogens with one attached hydrogen (secondary N) is 1. The second-order valence-corrected chi connectivity index (χ2v) is 7.75. The van der Waals surface area contributed by atoms with Crippen molar-refractivity contribution in [3.05, 3.63) is 76.9 Å². The summed E-state index contributed by atoms with van der Waals surface area (Å²) in [4.78, 5) is 0. The van der Waals surface area contributed by atoms with Gasteiger partial charge in [-0.05, 0) is 63.6 Å². The topological polar surface area (TPSA) is 12.0 Å². The molecule has 3 heteroatoms. The number of hydrogen-bond donors (Lipinski definition) is 1. The van der Waals surface area contributed by atoms with Gasteiger partial charge in [0.2, 0.25) is 5.92 Å². The predicted molar refractivity (Wildman–Crippen MR) is 125 cm³/mol. The zero-order chi connectivity index (χ0) is 22.4. The fourth-order valence-corrected chi connectivity index (χ4v) is 2.60. The lowest BCUT2D eigenvalue weighted by Gasteiger charge is -2.03. The molecule has 162 valence electrons. The minimum atomic E-state index is -2.50. The van der Waals surface area contributed by atoms with Crippen molar-refractivity contribution < 1.29 is 8.78 Å². The Hall–Kier alpha value is -2.16. The first kappa shape index (κ1) is 26.8. The third-order valence-electron chi connectivity index (χ3n) is 3.96. The molecule has 0 saturated carbocycles. The van der Waals surface area contributed by atoms with Crippen molar-refractivity contribution in [1.29, 1.82) is 0 Å². The van der Waals surface area contributed by atoms with E-state index in [0.717, 1.165) is 25.1 Å². The van der Waals surface area contributed by atoms with E-state index in [4.69, 9.17) is 0 Å². The quantitative estimate of drug-likeness (QED) is 0.540. The number of rotatable bonds is 2. The molecular weight excluding hydrogens is 364 g/mol. The fraction of sp³-hybridized carbons (Fsp3) is 0.462. The van der Waals surface area contributed by atoms with Gasteiger partial charge in [-0.1, -0.05) is 80.4 Å². The zero-order valence-corrected chi connectivity index (χ0v) is 19.3. The molecule has 0 heterocycles. The number of benzene rings is 2. The third-order valence-corrected chi connectivity index (χ3v) is 3.96. The molecule has 2 aromatic rings. The van der Waals surface area contributed by atoms with Crippen LogP contribution in [-0.4, -0.2) is 13.0 Å². The van der Waals surface area contributed by atoms with Gasteiger partial charge in [-0.15, -0.1) is 0 Å². The van der Waals surface area contributed by atoms with Crippen LogP contribution in [0.4, 0.5) is 8.78 Å². The second-order valence-electron chi connectivity index (χ2n) is 7.75. The Labute approximate surface area is 177 Å². The van der Waals surface area contributed by atoms with Gasteiger partial charge in [0.25, 0.3) is 0 Å². The van der Waals surface area contributed by atoms with Gasteiger partial charge in [-0.25, -0.2) is 8.78 Å². The summed E-state index contributed by atoms with van der Waals surface area (Å²) in [5.74, 6) is -2.50. The van der Waals surface area contributed by atoms with Crippen molar-refractivity contribution in [2.75, 3.05) is 7.05 Å². The highest BCUT2D eigenvalue weighted by Gasteiger charge is 2.09. The molecule has 0 aromatic heterocycles. The molecular formula is C26H39F2N. The molecule has 1 aliphatic carbocycles. The first-order valence-corrected chi connectivity index (χ1v) is 10.4. The van der Waals surface area contributed by atoms with Crippen LogP contribution in [0.2, 0.25) is 0 Å². The highest BCUT2D eigenvalue weighted by atomic mass is 19.3. The lowest BCUT2D eigenvalue weighted by molar-refractivity contribution is 0.0437. The Morgan fingerprint density at radius 3 is 1.86 bits per heavy atom. The lowest BCUT2D eigenvalue weighted by Crippen LogP contribution is -2.02. The molecule has 1 nitrogen and oxygen atoms in total. The summed E-state index contributed by atoms with van der Waals surface area (Å²) in [7, 11) is 1.88. The second kappa shape index (κ2) is 13.9. The Balaban J connectivity index is 0.000000401. The number of fused-ring (bicyclic) bond motifs is 1. The van der Waals surface area contributed by atoms with E-state index in [1.165, 1.54) is 36.8 Å². The molecule has 2 aromatic carbocycles. The summed E-state index contributed by atoms with van der Waals surface area (Å²) in [5.41, 5.74) is 7.95. The summed E-state index contributed by atoms with van der Waals surface area (Å²) < 4.78 is 22.0. The van der Waals surface area contributed by atoms with Crippen molar-refractivity contribution in [3.8, 4) is 0 Å². The van der Waals surface area contributed by atoms with E-state index in [2.05, 4.69) is 82.1 Å². The molecule has 0 bridgehead atoms. The van der Waals surface area contributed by atoms with Gasteiger partial charge >= 0.3 is 0 Å². The van der Waals surface area contributed by atoms with Crippen LogP contribution in [0, 0.1) is 13.8 Å². The van der Waals surface area contributed by atoms with E-state index in [9.17, 15) is 8.78 Å². The molecule has 0 amide bonds. The summed E-state index contributed by atoms with van der Waals surface area (Å²) in [6.07, 6.45) is 5.21. The molecule has 1 aliphatic rings. The average molecular weight is 404 g/mol. The molecule has 0 spiro atoms. The minimum absolute atomic E-state index is 0.854. The molecule has 0 saturated heterocycles. The maximum absolute atomic E-state index is 11.0. The standard InChI is InChI=1S/C10H13N.C10H12.C3H6F2.C3H8/c1-8-4-6-10(7-5-8)9(2)11-3;1-8-5-6-9-3-2-4-10(9)7-8;1-3(2,4)5;1-3-2/h4-7,11H,2H2,1,3H3;5-7H,2-4H2,1H3;1-2H3;3H2,1-2H3. The van der Waals surface area contributed by atoms with Gasteiger partial charge in [-0.3, -0.25) is 0 Å². The molecule has 0 aliphatic heterocycles. The van der Waals surface area contributed by atoms with Gasteiger partial charge < -0.3 is 5.32 Å². The van der Waals surface area contributed by atoms with E-state index < -0.39 is 5.92 Å². The molecule has 0 unspecified atom stereocenters. The van der Waals surface area contributed by atoms with E-state index in [1.807, 2.05) is 7.05 Å². The van der Waals surface area contributed by atoms with E-state index in [-0.39, 0.29) is 0 Å². The van der Waals surface area contributed by atoms with Gasteiger partial charge in [0.1, 0.15) is 0 Å². The Bertz CT molecular complexity index is 706. The van der Waals surface area contributed by atoms with Gasteiger partial charge in [0, 0.05) is 12.7 Å². The highest BCUT2D eigenvalue weighted by molar-refractivity contribution is 5.61. The molecule has 29 heavy (non-hydrogen) atoms. The number of alkyl halides is 2. The molecule has 1 N–H and O–H groups in total. The Morgan fingerprint density at radius 1 is 0.931 bits per heavy atom. The smallest absolute Gasteiger partial charge is 0.242 e. The first-order valence-electron chi connectivity index (χ1n) is 10.4. The maximum Gasteiger partial charge on any atom is 0.242 e. The van der Waals surface area contributed by atoms with Crippen molar-refractivity contribution in [2.45, 2.75) is 73.1 Å². The number of aryl methyl sites for hydroxylation is 4. The summed E-state index contributed by atoms with van der Waals surface area (Å²) in [6, 6.07) is 15.1. The van der Waals surface area contributed by atoms with Gasteiger partial charge in [0.05, 0.1) is 0 Å². The lowest BCUT2D eigenvalue weighted by atomic mass is 10.1. The summed E-state index contributed by atoms with van der Waals surface area (Å²) in [6.45, 7) is 14.1. The highest BCUT2D eigenvalue weighted by Crippen LogP contribution is 2.22. The van der Waals surface area contributed by atoms with Crippen LogP contribution < -0.4 is 5.32 Å². The number of halogens is 2. The fourth-order valence-electron chi connectivity index (χ4n) is 2.60. The molecule has 0 atom stereocenters. The zero-order valence-electron chi connectivity index (χ0n) is 19.3. The van der Waals surface area contributed by atoms with Crippen LogP contribution >= 0.6 is 0 Å². The van der Waals surface area contributed by atoms with Gasteiger partial charge in [0.15, 0.2) is 0 Å². The van der Waals surface area contributed by atoms with Crippen molar-refractivity contribution in [1.82, 2.24) is 5.32 Å². The van der Waals surface area contributed by atoms with Crippen LogP contribution in [0.3, 0.4) is 0 Å². The summed E-state index contributed by atoms with van der Waals surface area (Å²) >= 11 is 0. The molecule has 0 radical (unpaired) electrons. The van der Waals surface area contributed by atoms with Crippen LogP contribution in [0.25, 0.3) is 5.70 Å². The van der Waals surface area contributed by atoms with Crippen LogP contribution in [-0.2, 0) is 12.8 Å². The van der Waals surface area contributed by atoms with Crippen LogP contribution in [0.15, 0.2) is 49.0 Å². The van der Waals surface area contributed by atoms with E-state index in [1.54, 1.807) is 11.1 Å². The van der Waals surface area contributed by atoms with Crippen LogP contribution in [0.1, 0.15) is 68.4 Å². The largest absolute Gasteiger partial charge is 0.388 e. The average Bonchev–Trinajstić information content (AvgIpc) is 3.09. The summed E-state index contributed by atoms with van der Waals surface area (Å²) in [5, 5.41) is 3.01. The van der Waals surface area contributed by atoms with Gasteiger partial charge in [-0.2, -0.15) is 0 Å². The molecule has 0 fully saturated rings. The third kappa shape index (κ3) is 13.6. The Kier molecular flexibility index (Phi) is 12.9. The monoisotopic (exact) mass is 403 g/mol.